The van der Waals surface area contributed by atoms with Crippen LogP contribution in [0.3, 0.4) is 0 Å². The number of rotatable bonds is 12. The summed E-state index contributed by atoms with van der Waals surface area (Å²) in [4.78, 5) is 0. The van der Waals surface area contributed by atoms with Gasteiger partial charge in [-0.1, -0.05) is 0 Å². The summed E-state index contributed by atoms with van der Waals surface area (Å²) in [5.74, 6) is 0. The Bertz CT molecular complexity index is 123. The van der Waals surface area contributed by atoms with E-state index in [1.54, 1.807) is 0 Å². The topological polar surface area (TPSA) is 18.5 Å². The molecule has 0 atom stereocenters. The number of hydrogen-bond donors (Lipinski definition) is 0. The van der Waals surface area contributed by atoms with Gasteiger partial charge >= 0.3 is 113 Å². The van der Waals surface area contributed by atoms with Crippen LogP contribution in [0.1, 0.15) is 72.1 Å². The van der Waals surface area contributed by atoms with Crippen molar-refractivity contribution >= 4 is 22.0 Å². The van der Waals surface area contributed by atoms with Crippen LogP contribution in [0, 0.1) is 0 Å². The van der Waals surface area contributed by atoms with Gasteiger partial charge in [-0.05, 0) is 0 Å². The van der Waals surface area contributed by atoms with Gasteiger partial charge < -0.3 is 0 Å². The summed E-state index contributed by atoms with van der Waals surface area (Å²) in [7, 11) is 0. The fourth-order valence-electron chi connectivity index (χ4n) is 1.49. The zero-order valence-electron chi connectivity index (χ0n) is 11.3. The van der Waals surface area contributed by atoms with Gasteiger partial charge in [0.1, 0.15) is 0 Å². The molecule has 0 saturated heterocycles. The molecule has 0 bridgehead atoms. The number of hydrogen-bond acceptors (Lipinski definition) is 2. The maximum atomic E-state index is 5.94. The average molecular weight is 335 g/mol. The van der Waals surface area contributed by atoms with E-state index in [0.717, 1.165) is 6.61 Å². The molecule has 0 aromatic heterocycles. The van der Waals surface area contributed by atoms with Crippen molar-refractivity contribution in [3.05, 3.63) is 0 Å². The van der Waals surface area contributed by atoms with Crippen LogP contribution in [-0.2, 0) is 6.15 Å². The Labute approximate surface area is 113 Å². The second kappa shape index (κ2) is 13.8. The first-order chi connectivity index (χ1) is 7.85. The van der Waals surface area contributed by atoms with Crippen molar-refractivity contribution in [2.75, 3.05) is 6.61 Å². The number of unbranched alkanes of at least 4 members (excludes halogenated alkanes) is 3. The molecule has 0 aliphatic rings. The molecule has 0 rings (SSSR count). The summed E-state index contributed by atoms with van der Waals surface area (Å²) < 4.78 is 11.6. The standard InChI is InChI=1S/C9H19O.C4H9O.Sn/c1-3-5-7-9(10)8-6-4-2;1-2-3-4-5;/h9H,3-8H2,1-2H3;2-4H2,1H3;/q2*-1;+2. The molecule has 96 valence electrons. The van der Waals surface area contributed by atoms with Crippen LogP contribution >= 0.6 is 0 Å². The van der Waals surface area contributed by atoms with Crippen molar-refractivity contribution in [2.24, 2.45) is 0 Å². The monoisotopic (exact) mass is 336 g/mol. The first-order valence-electron chi connectivity index (χ1n) is 6.87. The normalized spacial score (nSPS) is 11.2. The Morgan fingerprint density at radius 2 is 1.44 bits per heavy atom. The van der Waals surface area contributed by atoms with E-state index in [0.29, 0.717) is 6.10 Å². The maximum absolute atomic E-state index is 5.94. The Morgan fingerprint density at radius 3 is 1.94 bits per heavy atom. The molecule has 0 N–H and O–H groups in total. The van der Waals surface area contributed by atoms with E-state index >= 15 is 0 Å². The predicted molar refractivity (Wildman–Crippen MR) is 70.5 cm³/mol. The molecule has 0 heterocycles. The third-order valence-electron chi connectivity index (χ3n) is 2.63. The van der Waals surface area contributed by atoms with Gasteiger partial charge in [0, 0.05) is 0 Å². The van der Waals surface area contributed by atoms with Crippen LogP contribution in [-0.4, -0.2) is 34.7 Å². The van der Waals surface area contributed by atoms with E-state index < -0.39 is 22.0 Å². The first kappa shape index (κ1) is 16.7. The molecule has 0 unspecified atom stereocenters. The van der Waals surface area contributed by atoms with E-state index in [2.05, 4.69) is 20.8 Å². The summed E-state index contributed by atoms with van der Waals surface area (Å²) in [6.07, 6.45) is 10.5. The van der Waals surface area contributed by atoms with E-state index in [1.165, 1.54) is 51.4 Å². The van der Waals surface area contributed by atoms with Gasteiger partial charge in [-0.3, -0.25) is 0 Å². The Balaban J connectivity index is 3.48. The van der Waals surface area contributed by atoms with Gasteiger partial charge in [0.2, 0.25) is 0 Å². The van der Waals surface area contributed by atoms with Gasteiger partial charge in [-0.25, -0.2) is 0 Å². The van der Waals surface area contributed by atoms with Gasteiger partial charge in [0.25, 0.3) is 0 Å². The van der Waals surface area contributed by atoms with Crippen molar-refractivity contribution in [1.82, 2.24) is 0 Å². The second-order valence-corrected chi connectivity index (χ2v) is 6.28. The zero-order chi connectivity index (χ0) is 12.1. The van der Waals surface area contributed by atoms with Gasteiger partial charge in [-0.15, -0.1) is 0 Å². The summed E-state index contributed by atoms with van der Waals surface area (Å²) in [5.41, 5.74) is 0. The van der Waals surface area contributed by atoms with Crippen LogP contribution in [0.5, 0.6) is 0 Å². The Morgan fingerprint density at radius 1 is 0.875 bits per heavy atom. The van der Waals surface area contributed by atoms with E-state index in [9.17, 15) is 0 Å². The SMILES string of the molecule is CCCC[O][Sn][O]C(CCCC)CCCC. The molecule has 2 radical (unpaired) electrons. The molecule has 0 amide bonds. The van der Waals surface area contributed by atoms with Crippen molar-refractivity contribution < 1.29 is 6.15 Å². The van der Waals surface area contributed by atoms with E-state index in [1.807, 2.05) is 0 Å². The van der Waals surface area contributed by atoms with Gasteiger partial charge in [0.15, 0.2) is 0 Å². The van der Waals surface area contributed by atoms with Crippen LogP contribution in [0.15, 0.2) is 0 Å². The molecule has 0 spiro atoms. The first-order valence-corrected chi connectivity index (χ1v) is 9.20. The predicted octanol–water partition coefficient (Wildman–Crippen LogP) is 4.10. The molecule has 2 nitrogen and oxygen atoms in total. The van der Waals surface area contributed by atoms with Crippen molar-refractivity contribution in [1.29, 1.82) is 0 Å². The van der Waals surface area contributed by atoms with Crippen LogP contribution < -0.4 is 0 Å². The van der Waals surface area contributed by atoms with Crippen LogP contribution in [0.4, 0.5) is 0 Å². The quantitative estimate of drug-likeness (QED) is 0.395. The average Bonchev–Trinajstić information content (AvgIpc) is 2.31. The molecule has 0 aliphatic heterocycles. The third-order valence-corrected chi connectivity index (χ3v) is 4.78. The fraction of sp³-hybridized carbons (Fsp3) is 1.00. The molecule has 0 saturated carbocycles. The molecule has 3 heteroatoms. The minimum atomic E-state index is -0.980. The van der Waals surface area contributed by atoms with Crippen LogP contribution in [0.25, 0.3) is 0 Å². The minimum absolute atomic E-state index is 0.494. The summed E-state index contributed by atoms with van der Waals surface area (Å²) in [5, 5.41) is 0. The second-order valence-electron chi connectivity index (χ2n) is 4.31. The van der Waals surface area contributed by atoms with Gasteiger partial charge in [-0.2, -0.15) is 0 Å². The summed E-state index contributed by atoms with van der Waals surface area (Å²) >= 11 is -0.980. The van der Waals surface area contributed by atoms with Crippen molar-refractivity contribution in [2.45, 2.75) is 78.2 Å². The van der Waals surface area contributed by atoms with Crippen molar-refractivity contribution in [3.8, 4) is 0 Å². The molecular formula is C13H28O2Sn. The zero-order valence-corrected chi connectivity index (χ0v) is 14.1. The van der Waals surface area contributed by atoms with E-state index in [-0.39, 0.29) is 0 Å². The Kier molecular flexibility index (Phi) is 14.4. The molecule has 0 aromatic carbocycles. The Hall–Kier alpha value is 0.719. The molecular weight excluding hydrogens is 307 g/mol. The molecule has 0 aliphatic carbocycles. The molecule has 16 heavy (non-hydrogen) atoms. The summed E-state index contributed by atoms with van der Waals surface area (Å²) in [6, 6.07) is 0. The summed E-state index contributed by atoms with van der Waals surface area (Å²) in [6.45, 7) is 7.60. The van der Waals surface area contributed by atoms with Crippen molar-refractivity contribution in [3.63, 3.8) is 0 Å². The van der Waals surface area contributed by atoms with Crippen LogP contribution in [0.2, 0.25) is 0 Å². The van der Waals surface area contributed by atoms with Gasteiger partial charge in [0.05, 0.1) is 0 Å². The molecule has 0 fully saturated rings. The van der Waals surface area contributed by atoms with E-state index in [4.69, 9.17) is 6.15 Å². The third kappa shape index (κ3) is 11.2. The fourth-order valence-corrected chi connectivity index (χ4v) is 3.39. The molecule has 0 aromatic rings.